The maximum absolute atomic E-state index is 9.37. The maximum atomic E-state index is 9.37. The van der Waals surface area contributed by atoms with E-state index < -0.39 is 29.7 Å². The summed E-state index contributed by atoms with van der Waals surface area (Å²) in [5, 5.41) is 0. The van der Waals surface area contributed by atoms with Gasteiger partial charge in [-0.3, -0.25) is 13.3 Å². The predicted octanol–water partition coefficient (Wildman–Crippen LogP) is -8.32. The summed E-state index contributed by atoms with van der Waals surface area (Å²) in [4.78, 5) is 0. The topological polar surface area (TPSA) is 172 Å². The van der Waals surface area contributed by atoms with E-state index in [0.717, 1.165) is 0 Å². The van der Waals surface area contributed by atoms with Crippen LogP contribution in [-0.2, 0) is 29.7 Å². The second-order valence-electron chi connectivity index (χ2n) is 1.06. The molecule has 0 spiro atoms. The van der Waals surface area contributed by atoms with Crippen LogP contribution in [-0.4, -0.2) is 39.3 Å². The van der Waals surface area contributed by atoms with Gasteiger partial charge in [0.15, 0.2) is 0 Å². The van der Waals surface area contributed by atoms with Crippen molar-refractivity contribution in [2.45, 2.75) is 0 Å². The van der Waals surface area contributed by atoms with Crippen LogP contribution in [0.1, 0.15) is 0 Å². The van der Waals surface area contributed by atoms with E-state index in [1.54, 1.807) is 0 Å². The molecule has 0 aliphatic carbocycles. The van der Waals surface area contributed by atoms with Crippen molar-refractivity contribution in [2.24, 2.45) is 0 Å². The van der Waals surface area contributed by atoms with Gasteiger partial charge in [-0.25, -0.2) is 0 Å². The van der Waals surface area contributed by atoms with E-state index in [0.29, 0.717) is 0 Å². The van der Waals surface area contributed by atoms with E-state index in [1.807, 2.05) is 0 Å². The number of hydrogen-bond donors (Lipinski definition) is 2. The van der Waals surface area contributed by atoms with Gasteiger partial charge in [-0.1, -0.05) is 0 Å². The van der Waals surface area contributed by atoms with Gasteiger partial charge >= 0.3 is 77.4 Å². The molecule has 0 unspecified atom stereocenters. The molecule has 0 aromatic rings. The average molecular weight is 288 g/mol. The third-order valence-electron chi connectivity index (χ3n) is 0.266. The Hall–Kier alpha value is 1.89. The van der Waals surface area contributed by atoms with E-state index in [-0.39, 0.29) is 59.1 Å². The quantitative estimate of drug-likeness (QED) is 0.205. The van der Waals surface area contributed by atoms with Crippen molar-refractivity contribution in [1.82, 2.24) is 0 Å². The van der Waals surface area contributed by atoms with Crippen LogP contribution in [0.25, 0.3) is 0 Å². The molecule has 2 N–H and O–H groups in total. The second kappa shape index (κ2) is 10.1. The van der Waals surface area contributed by atoms with Gasteiger partial charge in [-0.2, -0.15) is 16.8 Å². The molecule has 0 atom stereocenters. The average Bonchev–Trinajstić information content (AvgIpc) is 1.55. The van der Waals surface area contributed by atoms with Crippen LogP contribution in [0.3, 0.4) is 0 Å². The number of rotatable bonds is 1. The van der Waals surface area contributed by atoms with Crippen molar-refractivity contribution in [3.8, 4) is 0 Å². The van der Waals surface area contributed by atoms with E-state index >= 15 is 0 Å². The van der Waals surface area contributed by atoms with E-state index in [4.69, 9.17) is 22.4 Å². The van der Waals surface area contributed by atoms with E-state index in [1.165, 1.54) is 0 Å². The summed E-state index contributed by atoms with van der Waals surface area (Å²) in [5.41, 5.74) is 0. The molecule has 0 amide bonds. The van der Waals surface area contributed by atoms with Crippen LogP contribution >= 0.6 is 0 Å². The van der Waals surface area contributed by atoms with Gasteiger partial charge in [-0.15, -0.1) is 11.4 Å². The molecular weight excluding hydrogens is 286 g/mol. The standard InChI is InChI=1S/2Na.H2O6S2.H2O3S/c;;1-7(2,3)8(4,5)6;1-4(2)3/h;;(H,1,2,3)(H,4,5,6);(H2,1,2,3)/q2*+1;;/p-2. The van der Waals surface area contributed by atoms with Crippen LogP contribution in [0.5, 0.6) is 0 Å². The maximum Gasteiger partial charge on any atom is 1.00 e. The fraction of sp³-hybridized carbons (Fsp3) is 0. The van der Waals surface area contributed by atoms with Gasteiger partial charge in [0.1, 0.15) is 0 Å². The van der Waals surface area contributed by atoms with Crippen molar-refractivity contribution in [1.29, 1.82) is 0 Å². The number of hydrogen-bond acceptors (Lipinski definition) is 7. The van der Waals surface area contributed by atoms with Gasteiger partial charge in [0, 0.05) is 0 Å². The molecule has 0 bridgehead atoms. The second-order valence-corrected chi connectivity index (χ2v) is 5.71. The fourth-order valence-corrected chi connectivity index (χ4v) is 0. The Labute approximate surface area is 126 Å². The molecule has 0 aliphatic heterocycles. The van der Waals surface area contributed by atoms with E-state index in [9.17, 15) is 16.8 Å². The summed E-state index contributed by atoms with van der Waals surface area (Å²) in [7, 11) is -10.6. The molecule has 0 saturated carbocycles. The molecule has 0 aliphatic rings. The van der Waals surface area contributed by atoms with Gasteiger partial charge in [-0.05, 0) is 0 Å². The molecular formula is H2Na2O9S3. The SMILES string of the molecule is O=S(=O)(O)S(=O)(=O)O.O=S([O-])[O-].[Na+].[Na+]. The minimum Gasteiger partial charge on any atom is -0.784 e. The van der Waals surface area contributed by atoms with Crippen molar-refractivity contribution in [3.05, 3.63) is 0 Å². The molecule has 0 aromatic carbocycles. The summed E-state index contributed by atoms with van der Waals surface area (Å²) in [5.74, 6) is 0. The van der Waals surface area contributed by atoms with Crippen molar-refractivity contribution in [3.63, 3.8) is 0 Å². The zero-order chi connectivity index (χ0) is 10.6. The van der Waals surface area contributed by atoms with Crippen LogP contribution in [0, 0.1) is 0 Å². The monoisotopic (exact) mass is 288 g/mol. The molecule has 14 heavy (non-hydrogen) atoms. The Morgan fingerprint density at radius 1 is 0.857 bits per heavy atom. The molecule has 0 aromatic heterocycles. The first-order valence-electron chi connectivity index (χ1n) is 1.70. The van der Waals surface area contributed by atoms with Crippen LogP contribution in [0.15, 0.2) is 0 Å². The minimum atomic E-state index is -5.31. The zero-order valence-corrected chi connectivity index (χ0v) is 13.4. The van der Waals surface area contributed by atoms with Crippen LogP contribution < -0.4 is 59.1 Å². The Morgan fingerprint density at radius 3 is 0.929 bits per heavy atom. The Kier molecular flexibility index (Phi) is 17.9. The largest absolute Gasteiger partial charge is 1.00 e. The van der Waals surface area contributed by atoms with E-state index in [2.05, 4.69) is 0 Å². The summed E-state index contributed by atoms with van der Waals surface area (Å²) in [6.45, 7) is 0. The zero-order valence-electron chi connectivity index (χ0n) is 6.98. The van der Waals surface area contributed by atoms with Gasteiger partial charge in [0.2, 0.25) is 0 Å². The molecule has 0 radical (unpaired) electrons. The third kappa shape index (κ3) is 19.5. The molecule has 0 heterocycles. The predicted molar refractivity (Wildman–Crippen MR) is 32.8 cm³/mol. The Morgan fingerprint density at radius 2 is 0.929 bits per heavy atom. The van der Waals surface area contributed by atoms with Crippen LogP contribution in [0.2, 0.25) is 0 Å². The van der Waals surface area contributed by atoms with Gasteiger partial charge < -0.3 is 9.11 Å². The summed E-state index contributed by atoms with van der Waals surface area (Å²) in [6, 6.07) is 0. The molecule has 9 nitrogen and oxygen atoms in total. The molecule has 76 valence electrons. The first-order valence-corrected chi connectivity index (χ1v) is 6.10. The first-order chi connectivity index (χ1) is 4.98. The normalized spacial score (nSPS) is 10.4. The molecule has 0 saturated heterocycles. The first kappa shape index (κ1) is 24.9. The Balaban J connectivity index is -0.0000000733. The summed E-state index contributed by atoms with van der Waals surface area (Å²) < 4.78 is 77.8. The summed E-state index contributed by atoms with van der Waals surface area (Å²) >= 11 is -3.11. The van der Waals surface area contributed by atoms with Crippen molar-refractivity contribution < 1.29 is 98.4 Å². The van der Waals surface area contributed by atoms with Gasteiger partial charge in [0.05, 0.1) is 0 Å². The molecule has 0 rings (SSSR count). The minimum absolute atomic E-state index is 0. The van der Waals surface area contributed by atoms with Crippen molar-refractivity contribution in [2.75, 3.05) is 0 Å². The third-order valence-corrected chi connectivity index (χ3v) is 2.40. The van der Waals surface area contributed by atoms with Gasteiger partial charge in [0.25, 0.3) is 0 Å². The fourth-order valence-electron chi connectivity index (χ4n) is 0. The van der Waals surface area contributed by atoms with Crippen molar-refractivity contribution >= 4 is 29.7 Å². The Bertz CT molecular complexity index is 300. The molecule has 14 heteroatoms. The summed E-state index contributed by atoms with van der Waals surface area (Å²) in [6.07, 6.45) is 0. The smallest absolute Gasteiger partial charge is 0.784 e. The van der Waals surface area contributed by atoms with Crippen LogP contribution in [0.4, 0.5) is 0 Å². The molecule has 0 fully saturated rings.